The number of nitrogens with one attached hydrogen (secondary N) is 1. The number of amides is 1. The highest BCUT2D eigenvalue weighted by molar-refractivity contribution is 6.02. The maximum absolute atomic E-state index is 11.9. The topological polar surface area (TPSA) is 75.6 Å². The molecule has 106 valence electrons. The molecule has 2 heterocycles. The number of anilines is 1. The fraction of sp³-hybridized carbons (Fsp3) is 0.0625. The third-order valence-corrected chi connectivity index (χ3v) is 2.97. The van der Waals surface area contributed by atoms with Gasteiger partial charge >= 0.3 is 0 Å². The summed E-state index contributed by atoms with van der Waals surface area (Å²) >= 11 is 0. The molecule has 0 aliphatic rings. The van der Waals surface area contributed by atoms with Crippen LogP contribution in [0.4, 0.5) is 5.69 Å². The van der Waals surface area contributed by atoms with Crippen LogP contribution >= 0.6 is 0 Å². The van der Waals surface area contributed by atoms with Crippen molar-refractivity contribution in [1.82, 2.24) is 0 Å². The van der Waals surface area contributed by atoms with Crippen molar-refractivity contribution in [2.45, 2.75) is 6.61 Å². The number of carbonyl (C=O) groups excluding carboxylic acids is 1. The summed E-state index contributed by atoms with van der Waals surface area (Å²) in [4.78, 5) is 11.9. The lowest BCUT2D eigenvalue weighted by Crippen LogP contribution is -2.10. The van der Waals surface area contributed by atoms with Gasteiger partial charge in [0.25, 0.3) is 5.91 Å². The van der Waals surface area contributed by atoms with Crippen LogP contribution in [0.5, 0.6) is 0 Å². The molecule has 0 unspecified atom stereocenters. The first kappa shape index (κ1) is 13.2. The molecule has 2 aromatic heterocycles. The van der Waals surface area contributed by atoms with Crippen LogP contribution in [-0.2, 0) is 6.61 Å². The van der Waals surface area contributed by atoms with Crippen LogP contribution in [0.2, 0.25) is 0 Å². The fourth-order valence-corrected chi connectivity index (χ4v) is 1.97. The van der Waals surface area contributed by atoms with E-state index in [1.165, 1.54) is 6.26 Å². The van der Waals surface area contributed by atoms with Gasteiger partial charge < -0.3 is 19.3 Å². The lowest BCUT2D eigenvalue weighted by Gasteiger charge is -2.05. The third kappa shape index (κ3) is 2.88. The number of benzene rings is 1. The normalized spacial score (nSPS) is 10.5. The molecular formula is C16H13NO4. The number of rotatable bonds is 4. The number of hydrogen-bond acceptors (Lipinski definition) is 4. The molecule has 5 nitrogen and oxygen atoms in total. The second kappa shape index (κ2) is 5.68. The van der Waals surface area contributed by atoms with Gasteiger partial charge in [0.1, 0.15) is 18.1 Å². The van der Waals surface area contributed by atoms with E-state index in [1.807, 2.05) is 12.1 Å². The molecule has 0 saturated carbocycles. The van der Waals surface area contributed by atoms with E-state index in [9.17, 15) is 4.79 Å². The average molecular weight is 283 g/mol. The van der Waals surface area contributed by atoms with Crippen molar-refractivity contribution < 1.29 is 18.7 Å². The summed E-state index contributed by atoms with van der Waals surface area (Å²) in [7, 11) is 0. The summed E-state index contributed by atoms with van der Waals surface area (Å²) in [6.07, 6.45) is 1.45. The van der Waals surface area contributed by atoms with Gasteiger partial charge in [0.05, 0.1) is 6.26 Å². The zero-order valence-electron chi connectivity index (χ0n) is 11.1. The van der Waals surface area contributed by atoms with Gasteiger partial charge in [-0.3, -0.25) is 4.79 Å². The van der Waals surface area contributed by atoms with Crippen molar-refractivity contribution in [3.63, 3.8) is 0 Å². The van der Waals surface area contributed by atoms with Crippen molar-refractivity contribution >= 4 is 11.6 Å². The number of aliphatic hydroxyl groups is 1. The van der Waals surface area contributed by atoms with E-state index in [4.69, 9.17) is 13.9 Å². The zero-order valence-corrected chi connectivity index (χ0v) is 11.1. The molecule has 1 amide bonds. The van der Waals surface area contributed by atoms with Crippen molar-refractivity contribution in [2.75, 3.05) is 5.32 Å². The second-order valence-corrected chi connectivity index (χ2v) is 4.44. The van der Waals surface area contributed by atoms with Gasteiger partial charge in [-0.15, -0.1) is 0 Å². The molecule has 2 N–H and O–H groups in total. The molecule has 0 saturated heterocycles. The highest BCUT2D eigenvalue weighted by atomic mass is 16.4. The van der Waals surface area contributed by atoms with E-state index in [1.54, 1.807) is 36.4 Å². The Morgan fingerprint density at radius 1 is 1.14 bits per heavy atom. The van der Waals surface area contributed by atoms with Gasteiger partial charge in [-0.1, -0.05) is 12.1 Å². The molecule has 0 fully saturated rings. The standard InChI is InChI=1S/C16H13NO4/c18-10-13-6-7-14(21-13)11-3-1-4-12(9-11)17-16(19)15-5-2-8-20-15/h1-9,18H,10H2,(H,17,19). The van der Waals surface area contributed by atoms with Crippen LogP contribution < -0.4 is 5.32 Å². The quantitative estimate of drug-likeness (QED) is 0.770. The first-order valence-corrected chi connectivity index (χ1v) is 6.41. The van der Waals surface area contributed by atoms with Crippen LogP contribution in [0.3, 0.4) is 0 Å². The minimum Gasteiger partial charge on any atom is -0.459 e. The summed E-state index contributed by atoms with van der Waals surface area (Å²) in [5.41, 5.74) is 1.45. The number of hydrogen-bond donors (Lipinski definition) is 2. The van der Waals surface area contributed by atoms with Crippen LogP contribution in [0, 0.1) is 0 Å². The Morgan fingerprint density at radius 3 is 2.76 bits per heavy atom. The van der Waals surface area contributed by atoms with Gasteiger partial charge in [-0.05, 0) is 36.4 Å². The predicted octanol–water partition coefficient (Wildman–Crippen LogP) is 3.28. The Bertz CT molecular complexity index is 743. The van der Waals surface area contributed by atoms with Crippen molar-refractivity contribution in [1.29, 1.82) is 0 Å². The maximum atomic E-state index is 11.9. The molecule has 0 aliphatic heterocycles. The Morgan fingerprint density at radius 2 is 2.05 bits per heavy atom. The summed E-state index contributed by atoms with van der Waals surface area (Å²) in [6, 6.07) is 14.0. The smallest absolute Gasteiger partial charge is 0.291 e. The fourth-order valence-electron chi connectivity index (χ4n) is 1.97. The third-order valence-electron chi connectivity index (χ3n) is 2.97. The zero-order chi connectivity index (χ0) is 14.7. The van der Waals surface area contributed by atoms with E-state index in [0.29, 0.717) is 17.2 Å². The molecule has 3 rings (SSSR count). The highest BCUT2D eigenvalue weighted by Gasteiger charge is 2.10. The Hall–Kier alpha value is -2.79. The lowest BCUT2D eigenvalue weighted by molar-refractivity contribution is 0.0996. The highest BCUT2D eigenvalue weighted by Crippen LogP contribution is 2.25. The SMILES string of the molecule is O=C(Nc1cccc(-c2ccc(CO)o2)c1)c1ccco1. The van der Waals surface area contributed by atoms with Crippen LogP contribution in [0.15, 0.2) is 63.6 Å². The lowest BCUT2D eigenvalue weighted by atomic mass is 10.1. The summed E-state index contributed by atoms with van der Waals surface area (Å²) in [5, 5.41) is 11.8. The molecule has 1 aromatic carbocycles. The number of furan rings is 2. The first-order valence-electron chi connectivity index (χ1n) is 6.41. The van der Waals surface area contributed by atoms with Gasteiger partial charge in [0, 0.05) is 11.3 Å². The minimum atomic E-state index is -0.312. The van der Waals surface area contributed by atoms with E-state index in [-0.39, 0.29) is 18.3 Å². The summed E-state index contributed by atoms with van der Waals surface area (Å²) in [5.74, 6) is 1.07. The molecule has 0 aliphatic carbocycles. The predicted molar refractivity (Wildman–Crippen MR) is 76.7 cm³/mol. The van der Waals surface area contributed by atoms with Crippen molar-refractivity contribution in [3.8, 4) is 11.3 Å². The molecule has 21 heavy (non-hydrogen) atoms. The molecule has 0 radical (unpaired) electrons. The van der Waals surface area contributed by atoms with E-state index in [2.05, 4.69) is 5.32 Å². The Kier molecular flexibility index (Phi) is 3.57. The van der Waals surface area contributed by atoms with Crippen LogP contribution in [0.1, 0.15) is 16.3 Å². The molecule has 5 heteroatoms. The molecule has 0 bridgehead atoms. The van der Waals surface area contributed by atoms with Gasteiger partial charge in [0.2, 0.25) is 0 Å². The second-order valence-electron chi connectivity index (χ2n) is 4.44. The minimum absolute atomic E-state index is 0.144. The molecular weight excluding hydrogens is 270 g/mol. The summed E-state index contributed by atoms with van der Waals surface area (Å²) < 4.78 is 10.5. The van der Waals surface area contributed by atoms with E-state index in [0.717, 1.165) is 5.56 Å². The molecule has 3 aromatic rings. The first-order chi connectivity index (χ1) is 10.3. The van der Waals surface area contributed by atoms with Crippen molar-refractivity contribution in [2.24, 2.45) is 0 Å². The molecule has 0 spiro atoms. The number of aliphatic hydroxyl groups excluding tert-OH is 1. The monoisotopic (exact) mass is 283 g/mol. The number of carbonyl (C=O) groups is 1. The largest absolute Gasteiger partial charge is 0.459 e. The maximum Gasteiger partial charge on any atom is 0.291 e. The van der Waals surface area contributed by atoms with Gasteiger partial charge in [0.15, 0.2) is 5.76 Å². The van der Waals surface area contributed by atoms with Gasteiger partial charge in [-0.2, -0.15) is 0 Å². The van der Waals surface area contributed by atoms with Crippen LogP contribution in [0.25, 0.3) is 11.3 Å². The Labute approximate surface area is 120 Å². The van der Waals surface area contributed by atoms with E-state index >= 15 is 0 Å². The van der Waals surface area contributed by atoms with Crippen molar-refractivity contribution in [3.05, 3.63) is 66.3 Å². The van der Waals surface area contributed by atoms with Crippen LogP contribution in [-0.4, -0.2) is 11.0 Å². The summed E-state index contributed by atoms with van der Waals surface area (Å²) in [6.45, 7) is -0.144. The molecule has 0 atom stereocenters. The average Bonchev–Trinajstić information content (AvgIpc) is 3.19. The Balaban J connectivity index is 1.81. The van der Waals surface area contributed by atoms with E-state index < -0.39 is 0 Å². The van der Waals surface area contributed by atoms with Gasteiger partial charge in [-0.25, -0.2) is 0 Å².